The maximum atomic E-state index is 9.04. The van der Waals surface area contributed by atoms with Crippen LogP contribution in [0, 0.1) is 0 Å². The van der Waals surface area contributed by atoms with Gasteiger partial charge in [0, 0.05) is 26.7 Å². The Morgan fingerprint density at radius 3 is 2.73 bits per heavy atom. The third-order valence-electron chi connectivity index (χ3n) is 3.69. The van der Waals surface area contributed by atoms with E-state index < -0.39 is 0 Å². The van der Waals surface area contributed by atoms with E-state index >= 15 is 0 Å². The number of anilines is 2. The first-order valence-electron chi connectivity index (χ1n) is 7.53. The SMILES string of the molecule is C[C@H]1CN(c2nc(NCCO)c3cnn(C)c3n2)C[C@H](C)O1. The van der Waals surface area contributed by atoms with Crippen molar-refractivity contribution in [3.8, 4) is 0 Å². The van der Waals surface area contributed by atoms with Gasteiger partial charge in [-0.1, -0.05) is 0 Å². The van der Waals surface area contributed by atoms with Gasteiger partial charge < -0.3 is 20.1 Å². The summed E-state index contributed by atoms with van der Waals surface area (Å²) in [4.78, 5) is 11.4. The second-order valence-electron chi connectivity index (χ2n) is 5.69. The molecule has 8 nitrogen and oxygen atoms in total. The number of nitrogens with one attached hydrogen (secondary N) is 1. The van der Waals surface area contributed by atoms with Crippen LogP contribution in [-0.4, -0.2) is 63.3 Å². The highest BCUT2D eigenvalue weighted by molar-refractivity contribution is 5.87. The number of hydrogen-bond acceptors (Lipinski definition) is 7. The van der Waals surface area contributed by atoms with Gasteiger partial charge in [-0.3, -0.25) is 4.68 Å². The van der Waals surface area contributed by atoms with E-state index in [0.29, 0.717) is 18.3 Å². The zero-order chi connectivity index (χ0) is 15.7. The Labute approximate surface area is 129 Å². The minimum absolute atomic E-state index is 0.0483. The zero-order valence-electron chi connectivity index (χ0n) is 13.2. The van der Waals surface area contributed by atoms with Crippen LogP contribution >= 0.6 is 0 Å². The van der Waals surface area contributed by atoms with Gasteiger partial charge in [0.1, 0.15) is 5.82 Å². The highest BCUT2D eigenvalue weighted by atomic mass is 16.5. The average molecular weight is 306 g/mol. The number of aryl methyl sites for hydroxylation is 1. The molecule has 0 spiro atoms. The number of rotatable bonds is 4. The van der Waals surface area contributed by atoms with Crippen LogP contribution in [0.2, 0.25) is 0 Å². The summed E-state index contributed by atoms with van der Waals surface area (Å²) in [7, 11) is 1.86. The molecule has 1 aliphatic heterocycles. The van der Waals surface area contributed by atoms with Gasteiger partial charge in [-0.05, 0) is 13.8 Å². The molecule has 0 aromatic carbocycles. The molecule has 2 aromatic heterocycles. The number of aromatic nitrogens is 4. The van der Waals surface area contributed by atoms with Crippen molar-refractivity contribution in [2.75, 3.05) is 36.5 Å². The summed E-state index contributed by atoms with van der Waals surface area (Å²) in [6.45, 7) is 6.11. The Morgan fingerprint density at radius 1 is 1.32 bits per heavy atom. The lowest BCUT2D eigenvalue weighted by Gasteiger charge is -2.35. The molecule has 120 valence electrons. The summed E-state index contributed by atoms with van der Waals surface area (Å²) in [5.41, 5.74) is 0.775. The minimum Gasteiger partial charge on any atom is -0.395 e. The monoisotopic (exact) mass is 306 g/mol. The van der Waals surface area contributed by atoms with Crippen molar-refractivity contribution < 1.29 is 9.84 Å². The number of morpholine rings is 1. The van der Waals surface area contributed by atoms with Gasteiger partial charge >= 0.3 is 0 Å². The summed E-state index contributed by atoms with van der Waals surface area (Å²) in [6, 6.07) is 0. The van der Waals surface area contributed by atoms with E-state index in [4.69, 9.17) is 9.84 Å². The van der Waals surface area contributed by atoms with Crippen molar-refractivity contribution in [1.29, 1.82) is 0 Å². The van der Waals surface area contributed by atoms with E-state index in [1.165, 1.54) is 0 Å². The van der Waals surface area contributed by atoms with Crippen LogP contribution in [0.4, 0.5) is 11.8 Å². The van der Waals surface area contributed by atoms with Gasteiger partial charge in [-0.15, -0.1) is 0 Å². The van der Waals surface area contributed by atoms with Crippen molar-refractivity contribution in [1.82, 2.24) is 19.7 Å². The molecular weight excluding hydrogens is 284 g/mol. The normalized spacial score (nSPS) is 22.3. The summed E-state index contributed by atoms with van der Waals surface area (Å²) < 4.78 is 7.50. The quantitative estimate of drug-likeness (QED) is 0.844. The lowest BCUT2D eigenvalue weighted by Crippen LogP contribution is -2.46. The Balaban J connectivity index is 1.99. The van der Waals surface area contributed by atoms with Crippen LogP contribution in [-0.2, 0) is 11.8 Å². The van der Waals surface area contributed by atoms with Gasteiger partial charge in [-0.2, -0.15) is 15.1 Å². The Kier molecular flexibility index (Phi) is 4.12. The molecule has 3 heterocycles. The summed E-state index contributed by atoms with van der Waals surface area (Å²) in [5, 5.41) is 17.3. The second-order valence-corrected chi connectivity index (χ2v) is 5.69. The van der Waals surface area contributed by atoms with Crippen LogP contribution in [0.1, 0.15) is 13.8 Å². The van der Waals surface area contributed by atoms with E-state index in [0.717, 1.165) is 24.1 Å². The van der Waals surface area contributed by atoms with Crippen molar-refractivity contribution in [2.24, 2.45) is 7.05 Å². The molecule has 22 heavy (non-hydrogen) atoms. The minimum atomic E-state index is 0.0483. The lowest BCUT2D eigenvalue weighted by molar-refractivity contribution is -0.00569. The molecule has 1 fully saturated rings. The third kappa shape index (κ3) is 2.84. The fourth-order valence-electron chi connectivity index (χ4n) is 2.80. The van der Waals surface area contributed by atoms with Crippen molar-refractivity contribution in [2.45, 2.75) is 26.1 Å². The van der Waals surface area contributed by atoms with E-state index in [1.54, 1.807) is 10.9 Å². The maximum Gasteiger partial charge on any atom is 0.229 e. The number of hydrogen-bond donors (Lipinski definition) is 2. The standard InChI is InChI=1S/C14H22N6O2/c1-9-7-20(8-10(2)22-9)14-17-12(15-4-5-21)11-6-16-19(3)13(11)18-14/h6,9-10,21H,4-5,7-8H2,1-3H3,(H,15,17,18)/t9-,10-/m0/s1. The predicted octanol–water partition coefficient (Wildman–Crippen LogP) is 0.381. The topological polar surface area (TPSA) is 88.3 Å². The Bertz CT molecular complexity index is 648. The molecule has 0 unspecified atom stereocenters. The molecule has 1 aliphatic rings. The van der Waals surface area contributed by atoms with Crippen LogP contribution in [0.3, 0.4) is 0 Å². The molecule has 0 radical (unpaired) electrons. The molecule has 2 aromatic rings. The van der Waals surface area contributed by atoms with Crippen molar-refractivity contribution in [3.63, 3.8) is 0 Å². The van der Waals surface area contributed by atoms with Crippen LogP contribution in [0.25, 0.3) is 11.0 Å². The molecule has 2 atom stereocenters. The predicted molar refractivity (Wildman–Crippen MR) is 84.1 cm³/mol. The van der Waals surface area contributed by atoms with Crippen LogP contribution in [0.5, 0.6) is 0 Å². The smallest absolute Gasteiger partial charge is 0.229 e. The highest BCUT2D eigenvalue weighted by Crippen LogP contribution is 2.24. The average Bonchev–Trinajstić information content (AvgIpc) is 2.85. The first-order valence-corrected chi connectivity index (χ1v) is 7.53. The first kappa shape index (κ1) is 15.0. The molecule has 0 saturated carbocycles. The highest BCUT2D eigenvalue weighted by Gasteiger charge is 2.25. The third-order valence-corrected chi connectivity index (χ3v) is 3.69. The summed E-state index contributed by atoms with van der Waals surface area (Å²) in [5.74, 6) is 1.37. The van der Waals surface area contributed by atoms with Gasteiger partial charge in [-0.25, -0.2) is 0 Å². The second kappa shape index (κ2) is 6.05. The largest absolute Gasteiger partial charge is 0.395 e. The Hall–Kier alpha value is -1.93. The molecule has 8 heteroatoms. The van der Waals surface area contributed by atoms with Gasteiger partial charge in [0.25, 0.3) is 0 Å². The van der Waals surface area contributed by atoms with Crippen LogP contribution in [0.15, 0.2) is 6.20 Å². The van der Waals surface area contributed by atoms with E-state index in [-0.39, 0.29) is 18.8 Å². The first-order chi connectivity index (χ1) is 10.6. The molecule has 1 saturated heterocycles. The molecule has 2 N–H and O–H groups in total. The molecular formula is C14H22N6O2. The summed E-state index contributed by atoms with van der Waals surface area (Å²) in [6.07, 6.45) is 2.02. The van der Waals surface area contributed by atoms with Crippen LogP contribution < -0.4 is 10.2 Å². The number of ether oxygens (including phenoxy) is 1. The molecule has 3 rings (SSSR count). The number of aliphatic hydroxyl groups excluding tert-OH is 1. The molecule has 0 aliphatic carbocycles. The van der Waals surface area contributed by atoms with Gasteiger partial charge in [0.15, 0.2) is 5.65 Å². The summed E-state index contributed by atoms with van der Waals surface area (Å²) >= 11 is 0. The van der Waals surface area contributed by atoms with Crippen molar-refractivity contribution in [3.05, 3.63) is 6.20 Å². The van der Waals surface area contributed by atoms with Crippen molar-refractivity contribution >= 4 is 22.8 Å². The van der Waals surface area contributed by atoms with E-state index in [2.05, 4.69) is 39.1 Å². The molecule has 0 amide bonds. The van der Waals surface area contributed by atoms with Gasteiger partial charge in [0.2, 0.25) is 5.95 Å². The number of aliphatic hydroxyl groups is 1. The fraction of sp³-hybridized carbons (Fsp3) is 0.643. The molecule has 0 bridgehead atoms. The maximum absolute atomic E-state index is 9.04. The van der Waals surface area contributed by atoms with Gasteiger partial charge in [0.05, 0.1) is 30.4 Å². The lowest BCUT2D eigenvalue weighted by atomic mass is 10.2. The number of nitrogens with zero attached hydrogens (tertiary/aromatic N) is 5. The van der Waals surface area contributed by atoms with E-state index in [9.17, 15) is 0 Å². The van der Waals surface area contributed by atoms with E-state index in [1.807, 2.05) is 7.05 Å². The Morgan fingerprint density at radius 2 is 2.05 bits per heavy atom. The number of fused-ring (bicyclic) bond motifs is 1. The zero-order valence-corrected chi connectivity index (χ0v) is 13.2. The fourth-order valence-corrected chi connectivity index (χ4v) is 2.80.